The molecule has 2 aliphatic rings. The zero-order chi connectivity index (χ0) is 20.8. The predicted molar refractivity (Wildman–Crippen MR) is 119 cm³/mol. The average Bonchev–Trinajstić information content (AvgIpc) is 3.20. The Balaban J connectivity index is 1.16. The molecular weight excluding hydrogens is 390 g/mol. The number of hydrogen-bond donors (Lipinski definition) is 1. The predicted octanol–water partition coefficient (Wildman–Crippen LogP) is 1.92. The van der Waals surface area contributed by atoms with Gasteiger partial charge in [0.25, 0.3) is 0 Å². The van der Waals surface area contributed by atoms with E-state index in [1.54, 1.807) is 12.4 Å². The molecule has 0 radical (unpaired) electrons. The van der Waals surface area contributed by atoms with Gasteiger partial charge in [-0.2, -0.15) is 0 Å². The van der Waals surface area contributed by atoms with E-state index in [-0.39, 0.29) is 0 Å². The normalized spacial score (nSPS) is 22.6. The average molecular weight is 416 g/mol. The highest BCUT2D eigenvalue weighted by atomic mass is 15.3. The van der Waals surface area contributed by atoms with Crippen molar-refractivity contribution in [3.63, 3.8) is 0 Å². The second-order valence-electron chi connectivity index (χ2n) is 8.57. The molecule has 5 heterocycles. The Morgan fingerprint density at radius 2 is 1.81 bits per heavy atom. The quantitative estimate of drug-likeness (QED) is 0.541. The summed E-state index contributed by atoms with van der Waals surface area (Å²) in [6.45, 7) is 4.70. The van der Waals surface area contributed by atoms with E-state index in [2.05, 4.69) is 47.2 Å². The van der Waals surface area contributed by atoms with Crippen molar-refractivity contribution in [1.29, 1.82) is 0 Å². The van der Waals surface area contributed by atoms with Gasteiger partial charge in [0.05, 0.1) is 11.7 Å². The number of pyridine rings is 1. The third kappa shape index (κ3) is 3.49. The van der Waals surface area contributed by atoms with Crippen LogP contribution in [0.2, 0.25) is 0 Å². The monoisotopic (exact) mass is 415 g/mol. The van der Waals surface area contributed by atoms with Crippen LogP contribution >= 0.6 is 0 Å². The molecule has 158 valence electrons. The zero-order valence-electron chi connectivity index (χ0n) is 17.5. The number of likely N-dealkylation sites (N-methyl/N-ethyl adjacent to an activating group) is 1. The molecule has 0 unspecified atom stereocenters. The SMILES string of the molecule is CN1CCN(C2CC(Nc3ncc4c(-c5cnc6nccnc6c5)ccn4n3)C2)CC1. The first-order valence-corrected chi connectivity index (χ1v) is 10.8. The minimum atomic E-state index is 0.445. The second-order valence-corrected chi connectivity index (χ2v) is 8.57. The van der Waals surface area contributed by atoms with Gasteiger partial charge in [0.2, 0.25) is 5.95 Å². The van der Waals surface area contributed by atoms with Crippen molar-refractivity contribution in [2.75, 3.05) is 38.5 Å². The summed E-state index contributed by atoms with van der Waals surface area (Å²) < 4.78 is 1.88. The molecule has 0 aromatic carbocycles. The van der Waals surface area contributed by atoms with E-state index < -0.39 is 0 Å². The van der Waals surface area contributed by atoms with Crippen LogP contribution in [0.15, 0.2) is 43.1 Å². The van der Waals surface area contributed by atoms with Crippen LogP contribution in [0, 0.1) is 0 Å². The van der Waals surface area contributed by atoms with Crippen LogP contribution in [-0.4, -0.2) is 84.7 Å². The molecule has 2 fully saturated rings. The van der Waals surface area contributed by atoms with Crippen LogP contribution in [0.4, 0.5) is 5.95 Å². The standard InChI is InChI=1S/C22H25N9/c1-29-6-8-30(9-7-29)17-11-16(12-17)27-22-26-14-20-18(2-5-31(20)28-22)15-10-19-21(25-13-15)24-4-3-23-19/h2-5,10,13-14,16-17H,6-9,11-12H2,1H3,(H,27,28). The Morgan fingerprint density at radius 3 is 2.68 bits per heavy atom. The summed E-state index contributed by atoms with van der Waals surface area (Å²) in [5, 5.41) is 8.19. The molecule has 4 aromatic heterocycles. The van der Waals surface area contributed by atoms with Gasteiger partial charge in [-0.1, -0.05) is 0 Å². The van der Waals surface area contributed by atoms with Crippen molar-refractivity contribution in [3.05, 3.63) is 43.1 Å². The van der Waals surface area contributed by atoms with Gasteiger partial charge in [0, 0.05) is 74.2 Å². The molecule has 6 rings (SSSR count). The minimum Gasteiger partial charge on any atom is -0.350 e. The van der Waals surface area contributed by atoms with Crippen LogP contribution in [0.3, 0.4) is 0 Å². The van der Waals surface area contributed by atoms with Gasteiger partial charge in [-0.15, -0.1) is 5.10 Å². The number of nitrogens with zero attached hydrogens (tertiary/aromatic N) is 8. The first kappa shape index (κ1) is 18.6. The highest BCUT2D eigenvalue weighted by molar-refractivity contribution is 5.84. The van der Waals surface area contributed by atoms with Crippen LogP contribution in [0.25, 0.3) is 27.8 Å². The van der Waals surface area contributed by atoms with Crippen molar-refractivity contribution in [2.45, 2.75) is 24.9 Å². The fourth-order valence-corrected chi connectivity index (χ4v) is 4.59. The Hall–Kier alpha value is -3.17. The van der Waals surface area contributed by atoms with Gasteiger partial charge in [-0.3, -0.25) is 9.88 Å². The Kier molecular flexibility index (Phi) is 4.50. The van der Waals surface area contributed by atoms with E-state index in [4.69, 9.17) is 0 Å². The maximum absolute atomic E-state index is 4.68. The molecule has 0 atom stereocenters. The number of piperazine rings is 1. The highest BCUT2D eigenvalue weighted by Crippen LogP contribution is 2.29. The minimum absolute atomic E-state index is 0.445. The summed E-state index contributed by atoms with van der Waals surface area (Å²) in [7, 11) is 2.20. The van der Waals surface area contributed by atoms with Crippen molar-refractivity contribution >= 4 is 22.6 Å². The first-order chi connectivity index (χ1) is 15.2. The van der Waals surface area contributed by atoms with Gasteiger partial charge < -0.3 is 10.2 Å². The first-order valence-electron chi connectivity index (χ1n) is 10.8. The van der Waals surface area contributed by atoms with Crippen LogP contribution < -0.4 is 5.32 Å². The molecule has 31 heavy (non-hydrogen) atoms. The van der Waals surface area contributed by atoms with Crippen molar-refractivity contribution in [3.8, 4) is 11.1 Å². The van der Waals surface area contributed by atoms with Crippen LogP contribution in [-0.2, 0) is 0 Å². The molecule has 4 aromatic rings. The van der Waals surface area contributed by atoms with Gasteiger partial charge in [0.15, 0.2) is 5.65 Å². The lowest BCUT2D eigenvalue weighted by molar-refractivity contribution is 0.0656. The molecule has 1 saturated carbocycles. The highest BCUT2D eigenvalue weighted by Gasteiger charge is 2.35. The van der Waals surface area contributed by atoms with Crippen LogP contribution in [0.1, 0.15) is 12.8 Å². The molecule has 1 saturated heterocycles. The van der Waals surface area contributed by atoms with E-state index in [1.165, 1.54) is 26.2 Å². The van der Waals surface area contributed by atoms with E-state index in [9.17, 15) is 0 Å². The van der Waals surface area contributed by atoms with Crippen LogP contribution in [0.5, 0.6) is 0 Å². The second kappa shape index (κ2) is 7.51. The fraction of sp³-hybridized carbons (Fsp3) is 0.409. The number of aromatic nitrogens is 6. The van der Waals surface area contributed by atoms with Gasteiger partial charge in [-0.25, -0.2) is 19.5 Å². The van der Waals surface area contributed by atoms with E-state index in [1.807, 2.05) is 35.2 Å². The lowest BCUT2D eigenvalue weighted by atomic mass is 9.85. The molecular formula is C22H25N9. The Labute approximate surface area is 180 Å². The smallest absolute Gasteiger partial charge is 0.241 e. The number of fused-ring (bicyclic) bond motifs is 2. The zero-order valence-corrected chi connectivity index (χ0v) is 17.5. The lowest BCUT2D eigenvalue weighted by Crippen LogP contribution is -2.55. The Bertz CT molecular complexity index is 1220. The molecule has 1 aliphatic heterocycles. The number of hydrogen-bond acceptors (Lipinski definition) is 8. The lowest BCUT2D eigenvalue weighted by Gasteiger charge is -2.46. The fourth-order valence-electron chi connectivity index (χ4n) is 4.59. The topological polar surface area (TPSA) is 87.4 Å². The third-order valence-electron chi connectivity index (χ3n) is 6.55. The number of nitrogens with one attached hydrogen (secondary N) is 1. The summed E-state index contributed by atoms with van der Waals surface area (Å²) in [5.41, 5.74) is 4.38. The molecule has 0 bridgehead atoms. The van der Waals surface area contributed by atoms with Gasteiger partial charge >= 0.3 is 0 Å². The van der Waals surface area contributed by atoms with Crippen molar-refractivity contribution in [1.82, 2.24) is 39.3 Å². The largest absolute Gasteiger partial charge is 0.350 e. The molecule has 9 heteroatoms. The molecule has 0 spiro atoms. The Morgan fingerprint density at radius 1 is 0.968 bits per heavy atom. The van der Waals surface area contributed by atoms with Crippen molar-refractivity contribution < 1.29 is 0 Å². The molecule has 9 nitrogen and oxygen atoms in total. The van der Waals surface area contributed by atoms with E-state index in [0.717, 1.165) is 35.0 Å². The van der Waals surface area contributed by atoms with E-state index >= 15 is 0 Å². The van der Waals surface area contributed by atoms with E-state index in [0.29, 0.717) is 23.7 Å². The maximum Gasteiger partial charge on any atom is 0.241 e. The number of anilines is 1. The number of rotatable bonds is 4. The summed E-state index contributed by atoms with van der Waals surface area (Å²) in [6, 6.07) is 5.18. The third-order valence-corrected chi connectivity index (χ3v) is 6.55. The summed E-state index contributed by atoms with van der Waals surface area (Å²) in [4.78, 5) is 22.6. The summed E-state index contributed by atoms with van der Waals surface area (Å²) in [5.74, 6) is 0.680. The molecule has 1 aliphatic carbocycles. The molecule has 0 amide bonds. The molecule has 1 N–H and O–H groups in total. The van der Waals surface area contributed by atoms with Gasteiger partial charge in [-0.05, 0) is 32.0 Å². The maximum atomic E-state index is 4.68. The van der Waals surface area contributed by atoms with Gasteiger partial charge in [0.1, 0.15) is 5.52 Å². The van der Waals surface area contributed by atoms with Crippen molar-refractivity contribution in [2.24, 2.45) is 0 Å². The summed E-state index contributed by atoms with van der Waals surface area (Å²) >= 11 is 0. The summed E-state index contributed by atoms with van der Waals surface area (Å²) in [6.07, 6.45) is 11.3.